The summed E-state index contributed by atoms with van der Waals surface area (Å²) in [5, 5.41) is 0. The molecule has 0 bridgehead atoms. The normalized spacial score (nSPS) is 13.9. The first-order chi connectivity index (χ1) is 10.5. The molecule has 0 aromatic heterocycles. The van der Waals surface area contributed by atoms with Crippen LogP contribution in [-0.2, 0) is 4.74 Å². The Morgan fingerprint density at radius 1 is 1.14 bits per heavy atom. The van der Waals surface area contributed by atoms with Gasteiger partial charge in [0.1, 0.15) is 0 Å². The van der Waals surface area contributed by atoms with Gasteiger partial charge in [-0.2, -0.15) is 0 Å². The fourth-order valence-electron chi connectivity index (χ4n) is 2.46. The SMILES string of the molecule is CC[C@@H](C)N(CCCOC(=O)c1ccc(N)cc1)[C@@H](C)CC. The lowest BCUT2D eigenvalue weighted by atomic mass is 10.1. The molecule has 0 heterocycles. The van der Waals surface area contributed by atoms with Crippen molar-refractivity contribution in [2.75, 3.05) is 18.9 Å². The molecule has 0 aliphatic heterocycles. The van der Waals surface area contributed by atoms with Crippen LogP contribution in [0.5, 0.6) is 0 Å². The molecule has 0 unspecified atom stereocenters. The molecule has 0 spiro atoms. The minimum absolute atomic E-state index is 0.279. The number of rotatable bonds is 9. The standard InChI is InChI=1S/C18H30N2O2/c1-5-14(3)20(15(4)6-2)12-7-13-22-18(21)16-8-10-17(19)11-9-16/h8-11,14-15H,5-7,12-13,19H2,1-4H3/t14-,15+. The number of nitrogens with zero attached hydrogens (tertiary/aromatic N) is 1. The van der Waals surface area contributed by atoms with Gasteiger partial charge in [-0.15, -0.1) is 0 Å². The van der Waals surface area contributed by atoms with Crippen LogP contribution in [0, 0.1) is 0 Å². The molecule has 22 heavy (non-hydrogen) atoms. The van der Waals surface area contributed by atoms with E-state index in [9.17, 15) is 4.79 Å². The van der Waals surface area contributed by atoms with Gasteiger partial charge in [0.05, 0.1) is 12.2 Å². The lowest BCUT2D eigenvalue weighted by Crippen LogP contribution is -2.40. The van der Waals surface area contributed by atoms with Gasteiger partial charge in [-0.05, 0) is 57.4 Å². The zero-order chi connectivity index (χ0) is 16.5. The van der Waals surface area contributed by atoms with Crippen molar-refractivity contribution in [3.63, 3.8) is 0 Å². The molecule has 0 aliphatic rings. The molecule has 1 aromatic carbocycles. The minimum Gasteiger partial charge on any atom is -0.462 e. The summed E-state index contributed by atoms with van der Waals surface area (Å²) in [4.78, 5) is 14.4. The molecule has 1 aromatic rings. The molecule has 0 amide bonds. The van der Waals surface area contributed by atoms with E-state index in [1.165, 1.54) is 0 Å². The lowest BCUT2D eigenvalue weighted by Gasteiger charge is -2.33. The van der Waals surface area contributed by atoms with E-state index >= 15 is 0 Å². The monoisotopic (exact) mass is 306 g/mol. The van der Waals surface area contributed by atoms with Crippen LogP contribution in [0.15, 0.2) is 24.3 Å². The summed E-state index contributed by atoms with van der Waals surface area (Å²) in [6.07, 6.45) is 3.13. The first kappa shape index (κ1) is 18.5. The zero-order valence-corrected chi connectivity index (χ0v) is 14.3. The third kappa shape index (κ3) is 5.68. The molecule has 4 heteroatoms. The summed E-state index contributed by atoms with van der Waals surface area (Å²) in [6, 6.07) is 7.93. The van der Waals surface area contributed by atoms with Crippen molar-refractivity contribution in [3.05, 3.63) is 29.8 Å². The number of carbonyl (C=O) groups is 1. The van der Waals surface area contributed by atoms with E-state index in [2.05, 4.69) is 32.6 Å². The maximum absolute atomic E-state index is 11.9. The number of hydrogen-bond acceptors (Lipinski definition) is 4. The molecule has 1 rings (SSSR count). The van der Waals surface area contributed by atoms with Crippen molar-refractivity contribution in [3.8, 4) is 0 Å². The quantitative estimate of drug-likeness (QED) is 0.429. The molecule has 0 saturated heterocycles. The van der Waals surface area contributed by atoms with Crippen molar-refractivity contribution in [1.29, 1.82) is 0 Å². The number of hydrogen-bond donors (Lipinski definition) is 1. The summed E-state index contributed by atoms with van der Waals surface area (Å²) in [7, 11) is 0. The number of benzene rings is 1. The van der Waals surface area contributed by atoms with Crippen LogP contribution in [0.25, 0.3) is 0 Å². The number of ether oxygens (including phenoxy) is 1. The van der Waals surface area contributed by atoms with Gasteiger partial charge in [0, 0.05) is 24.3 Å². The second-order valence-electron chi connectivity index (χ2n) is 5.86. The van der Waals surface area contributed by atoms with E-state index < -0.39 is 0 Å². The molecule has 124 valence electrons. The highest BCUT2D eigenvalue weighted by atomic mass is 16.5. The molecule has 2 atom stereocenters. The summed E-state index contributed by atoms with van der Waals surface area (Å²) < 4.78 is 5.34. The summed E-state index contributed by atoms with van der Waals surface area (Å²) >= 11 is 0. The van der Waals surface area contributed by atoms with Gasteiger partial charge in [-0.25, -0.2) is 4.79 Å². The molecular weight excluding hydrogens is 276 g/mol. The number of nitrogens with two attached hydrogens (primary N) is 1. The highest BCUT2D eigenvalue weighted by Gasteiger charge is 2.17. The van der Waals surface area contributed by atoms with Gasteiger partial charge in [0.2, 0.25) is 0 Å². The average Bonchev–Trinajstić information content (AvgIpc) is 2.54. The Balaban J connectivity index is 2.39. The minimum atomic E-state index is -0.279. The largest absolute Gasteiger partial charge is 0.462 e. The van der Waals surface area contributed by atoms with E-state index in [0.717, 1.165) is 25.8 Å². The molecule has 0 saturated carbocycles. The Kier molecular flexibility index (Phi) is 7.96. The highest BCUT2D eigenvalue weighted by Crippen LogP contribution is 2.12. The van der Waals surface area contributed by atoms with Gasteiger partial charge in [0.25, 0.3) is 0 Å². The zero-order valence-electron chi connectivity index (χ0n) is 14.3. The number of anilines is 1. The van der Waals surface area contributed by atoms with Crippen LogP contribution >= 0.6 is 0 Å². The Labute approximate surface area is 134 Å². The van der Waals surface area contributed by atoms with Crippen LogP contribution < -0.4 is 5.73 Å². The third-order valence-corrected chi connectivity index (χ3v) is 4.25. The maximum Gasteiger partial charge on any atom is 0.338 e. The van der Waals surface area contributed by atoms with E-state index in [-0.39, 0.29) is 5.97 Å². The van der Waals surface area contributed by atoms with Crippen molar-refractivity contribution in [2.45, 2.75) is 59.0 Å². The van der Waals surface area contributed by atoms with Crippen LogP contribution in [0.1, 0.15) is 57.3 Å². The average molecular weight is 306 g/mol. The summed E-state index contributed by atoms with van der Waals surface area (Å²) in [5.41, 5.74) is 6.81. The van der Waals surface area contributed by atoms with Crippen LogP contribution in [0.4, 0.5) is 5.69 Å². The smallest absolute Gasteiger partial charge is 0.338 e. The maximum atomic E-state index is 11.9. The van der Waals surface area contributed by atoms with Gasteiger partial charge in [-0.3, -0.25) is 4.90 Å². The molecule has 4 nitrogen and oxygen atoms in total. The van der Waals surface area contributed by atoms with Crippen molar-refractivity contribution in [2.24, 2.45) is 0 Å². The first-order valence-electron chi connectivity index (χ1n) is 8.28. The van der Waals surface area contributed by atoms with Gasteiger partial charge in [-0.1, -0.05) is 13.8 Å². The second-order valence-corrected chi connectivity index (χ2v) is 5.86. The molecule has 0 radical (unpaired) electrons. The van der Waals surface area contributed by atoms with Crippen molar-refractivity contribution in [1.82, 2.24) is 4.90 Å². The molecule has 0 fully saturated rings. The third-order valence-electron chi connectivity index (χ3n) is 4.25. The van der Waals surface area contributed by atoms with Crippen LogP contribution in [-0.4, -0.2) is 36.1 Å². The molecule has 0 aliphatic carbocycles. The van der Waals surface area contributed by atoms with Crippen LogP contribution in [0.3, 0.4) is 0 Å². The highest BCUT2D eigenvalue weighted by molar-refractivity contribution is 5.89. The fraction of sp³-hybridized carbons (Fsp3) is 0.611. The van der Waals surface area contributed by atoms with E-state index in [1.807, 2.05) is 0 Å². The first-order valence-corrected chi connectivity index (χ1v) is 8.28. The van der Waals surface area contributed by atoms with Gasteiger partial charge >= 0.3 is 5.97 Å². The Morgan fingerprint density at radius 2 is 1.68 bits per heavy atom. The van der Waals surface area contributed by atoms with E-state index in [1.54, 1.807) is 24.3 Å². The van der Waals surface area contributed by atoms with Crippen LogP contribution in [0.2, 0.25) is 0 Å². The Morgan fingerprint density at radius 3 is 2.18 bits per heavy atom. The number of nitrogen functional groups attached to an aromatic ring is 1. The van der Waals surface area contributed by atoms with E-state index in [0.29, 0.717) is 29.9 Å². The molecular formula is C18H30N2O2. The van der Waals surface area contributed by atoms with Gasteiger partial charge < -0.3 is 10.5 Å². The van der Waals surface area contributed by atoms with Crippen molar-refractivity contribution >= 4 is 11.7 Å². The topological polar surface area (TPSA) is 55.6 Å². The van der Waals surface area contributed by atoms with Crippen molar-refractivity contribution < 1.29 is 9.53 Å². The summed E-state index contributed by atoms with van der Waals surface area (Å²) in [6.45, 7) is 10.3. The Bertz CT molecular complexity index is 435. The lowest BCUT2D eigenvalue weighted by molar-refractivity contribution is 0.0470. The predicted octanol–water partition coefficient (Wildman–Crippen LogP) is 3.71. The van der Waals surface area contributed by atoms with Gasteiger partial charge in [0.15, 0.2) is 0 Å². The van der Waals surface area contributed by atoms with E-state index in [4.69, 9.17) is 10.5 Å². The number of carbonyl (C=O) groups excluding carboxylic acids is 1. The molecule has 2 N–H and O–H groups in total. The predicted molar refractivity (Wildman–Crippen MR) is 92.0 cm³/mol. The summed E-state index contributed by atoms with van der Waals surface area (Å²) in [5.74, 6) is -0.279. The number of esters is 1. The second kappa shape index (κ2) is 9.46. The fourth-order valence-corrected chi connectivity index (χ4v) is 2.46. The Hall–Kier alpha value is -1.55.